The number of carbonyl (C=O) groups is 1. The van der Waals surface area contributed by atoms with E-state index in [0.29, 0.717) is 5.82 Å². The fourth-order valence-electron chi connectivity index (χ4n) is 2.63. The number of nitrogens with one attached hydrogen (secondary N) is 1. The normalized spacial score (nSPS) is 12.8. The number of amides is 1. The van der Waals surface area contributed by atoms with Gasteiger partial charge in [0.1, 0.15) is 6.04 Å². The number of rotatable bonds is 5. The van der Waals surface area contributed by atoms with Crippen molar-refractivity contribution in [3.63, 3.8) is 0 Å². The topological polar surface area (TPSA) is 68.0 Å². The molecule has 1 amide bonds. The van der Waals surface area contributed by atoms with Gasteiger partial charge in [0.05, 0.1) is 5.56 Å². The lowest BCUT2D eigenvalue weighted by atomic mass is 10.0. The van der Waals surface area contributed by atoms with Gasteiger partial charge in [-0.3, -0.25) is 4.79 Å². The zero-order valence-corrected chi connectivity index (χ0v) is 17.1. The Morgan fingerprint density at radius 2 is 1.69 bits per heavy atom. The van der Waals surface area contributed by atoms with Crippen LogP contribution in [0.1, 0.15) is 41.7 Å². The van der Waals surface area contributed by atoms with Gasteiger partial charge in [0.25, 0.3) is 5.91 Å². The standard InChI is InChI=1S/C20H17BrF3N3O2/c1-11(2)16(19-26-17(27-29-19)12-5-9-15(21)10-6-12)25-18(28)13-3-7-14(8-4-13)20(22,23)24/h3-11,16H,1-2H3,(H,25,28)/t16-/m1/s1. The number of alkyl halides is 3. The van der Waals surface area contributed by atoms with Crippen LogP contribution in [0.15, 0.2) is 57.5 Å². The predicted octanol–water partition coefficient (Wildman–Crippen LogP) is 5.65. The summed E-state index contributed by atoms with van der Waals surface area (Å²) in [7, 11) is 0. The molecular weight excluding hydrogens is 451 g/mol. The van der Waals surface area contributed by atoms with E-state index in [0.717, 1.165) is 34.3 Å². The Kier molecular flexibility index (Phi) is 6.07. The van der Waals surface area contributed by atoms with E-state index in [1.165, 1.54) is 0 Å². The van der Waals surface area contributed by atoms with Crippen LogP contribution in [0.4, 0.5) is 13.2 Å². The minimum absolute atomic E-state index is 0.0911. The molecule has 0 radical (unpaired) electrons. The molecule has 1 atom stereocenters. The molecule has 0 spiro atoms. The number of aromatic nitrogens is 2. The first-order valence-electron chi connectivity index (χ1n) is 8.73. The summed E-state index contributed by atoms with van der Waals surface area (Å²) in [6.07, 6.45) is -4.46. The molecule has 1 heterocycles. The van der Waals surface area contributed by atoms with E-state index < -0.39 is 23.7 Å². The predicted molar refractivity (Wildman–Crippen MR) is 104 cm³/mol. The fraction of sp³-hybridized carbons (Fsp3) is 0.250. The number of carbonyl (C=O) groups excluding carboxylic acids is 1. The van der Waals surface area contributed by atoms with Gasteiger partial charge in [0.15, 0.2) is 0 Å². The molecule has 3 aromatic rings. The van der Waals surface area contributed by atoms with E-state index in [9.17, 15) is 18.0 Å². The van der Waals surface area contributed by atoms with Crippen molar-refractivity contribution < 1.29 is 22.5 Å². The van der Waals surface area contributed by atoms with Gasteiger partial charge < -0.3 is 9.84 Å². The van der Waals surface area contributed by atoms with Crippen molar-refractivity contribution >= 4 is 21.8 Å². The summed E-state index contributed by atoms with van der Waals surface area (Å²) in [5, 5.41) is 6.72. The molecule has 0 saturated heterocycles. The molecule has 0 unspecified atom stereocenters. The Morgan fingerprint density at radius 1 is 1.07 bits per heavy atom. The highest BCUT2D eigenvalue weighted by atomic mass is 79.9. The lowest BCUT2D eigenvalue weighted by molar-refractivity contribution is -0.137. The summed E-state index contributed by atoms with van der Waals surface area (Å²) >= 11 is 3.36. The molecule has 5 nitrogen and oxygen atoms in total. The molecule has 3 rings (SSSR count). The van der Waals surface area contributed by atoms with E-state index >= 15 is 0 Å². The molecule has 29 heavy (non-hydrogen) atoms. The van der Waals surface area contributed by atoms with Crippen LogP contribution in [-0.4, -0.2) is 16.0 Å². The molecule has 2 aromatic carbocycles. The number of benzene rings is 2. The summed E-state index contributed by atoms with van der Waals surface area (Å²) in [4.78, 5) is 16.9. The highest BCUT2D eigenvalue weighted by Gasteiger charge is 2.30. The highest BCUT2D eigenvalue weighted by molar-refractivity contribution is 9.10. The van der Waals surface area contributed by atoms with Gasteiger partial charge in [-0.15, -0.1) is 0 Å². The van der Waals surface area contributed by atoms with Gasteiger partial charge >= 0.3 is 6.18 Å². The summed E-state index contributed by atoms with van der Waals surface area (Å²) in [5.41, 5.74) is 0.0431. The Labute approximate surface area is 173 Å². The minimum Gasteiger partial charge on any atom is -0.340 e. The van der Waals surface area contributed by atoms with Crippen molar-refractivity contribution in [1.82, 2.24) is 15.5 Å². The van der Waals surface area contributed by atoms with Gasteiger partial charge in [-0.25, -0.2) is 0 Å². The summed E-state index contributed by atoms with van der Waals surface area (Å²) in [6.45, 7) is 3.72. The summed E-state index contributed by atoms with van der Waals surface area (Å²) in [5.74, 6) is -0.0208. The fourth-order valence-corrected chi connectivity index (χ4v) is 2.89. The Hall–Kier alpha value is -2.68. The van der Waals surface area contributed by atoms with E-state index in [-0.39, 0.29) is 17.4 Å². The quantitative estimate of drug-likeness (QED) is 0.526. The van der Waals surface area contributed by atoms with Crippen molar-refractivity contribution in [3.05, 3.63) is 70.0 Å². The van der Waals surface area contributed by atoms with Gasteiger partial charge in [-0.1, -0.05) is 34.9 Å². The largest absolute Gasteiger partial charge is 0.416 e. The number of hydrogen-bond acceptors (Lipinski definition) is 4. The van der Waals surface area contributed by atoms with E-state index in [2.05, 4.69) is 31.4 Å². The second-order valence-electron chi connectivity index (χ2n) is 6.73. The second-order valence-corrected chi connectivity index (χ2v) is 7.65. The van der Waals surface area contributed by atoms with Crippen molar-refractivity contribution in [1.29, 1.82) is 0 Å². The molecule has 0 bridgehead atoms. The smallest absolute Gasteiger partial charge is 0.340 e. The molecule has 0 aliphatic heterocycles. The third kappa shape index (κ3) is 5.03. The Morgan fingerprint density at radius 3 is 2.24 bits per heavy atom. The molecule has 0 saturated carbocycles. The van der Waals surface area contributed by atoms with Crippen molar-refractivity contribution in [2.24, 2.45) is 5.92 Å². The molecule has 1 aromatic heterocycles. The number of nitrogens with zero attached hydrogens (tertiary/aromatic N) is 2. The third-order valence-corrected chi connectivity index (χ3v) is 4.77. The maximum Gasteiger partial charge on any atom is 0.416 e. The second kappa shape index (κ2) is 8.36. The van der Waals surface area contributed by atoms with Crippen molar-refractivity contribution in [2.75, 3.05) is 0 Å². The maximum atomic E-state index is 12.7. The first-order valence-corrected chi connectivity index (χ1v) is 9.52. The van der Waals surface area contributed by atoms with Gasteiger partial charge in [-0.2, -0.15) is 18.2 Å². The average Bonchev–Trinajstić information content (AvgIpc) is 3.15. The van der Waals surface area contributed by atoms with Crippen LogP contribution >= 0.6 is 15.9 Å². The van der Waals surface area contributed by atoms with Gasteiger partial charge in [0.2, 0.25) is 11.7 Å². The summed E-state index contributed by atoms with van der Waals surface area (Å²) < 4.78 is 44.3. The number of halogens is 4. The zero-order chi connectivity index (χ0) is 21.2. The van der Waals surface area contributed by atoms with Crippen molar-refractivity contribution in [2.45, 2.75) is 26.1 Å². The minimum atomic E-state index is -4.46. The number of hydrogen-bond donors (Lipinski definition) is 1. The van der Waals surface area contributed by atoms with Crippen LogP contribution in [0.3, 0.4) is 0 Å². The monoisotopic (exact) mass is 467 g/mol. The van der Waals surface area contributed by atoms with E-state index in [1.807, 2.05) is 38.1 Å². The first-order chi connectivity index (χ1) is 13.6. The van der Waals surface area contributed by atoms with E-state index in [4.69, 9.17) is 4.52 Å². The van der Waals surface area contributed by atoms with Crippen LogP contribution in [0.25, 0.3) is 11.4 Å². The lowest BCUT2D eigenvalue weighted by Crippen LogP contribution is -2.32. The molecule has 152 valence electrons. The third-order valence-electron chi connectivity index (χ3n) is 4.24. The molecule has 0 aliphatic rings. The van der Waals surface area contributed by atoms with Crippen LogP contribution in [0.2, 0.25) is 0 Å². The van der Waals surface area contributed by atoms with Crippen LogP contribution in [0, 0.1) is 5.92 Å². The van der Waals surface area contributed by atoms with Gasteiger partial charge in [0, 0.05) is 15.6 Å². The Bertz CT molecular complexity index is 983. The van der Waals surface area contributed by atoms with Crippen LogP contribution in [0.5, 0.6) is 0 Å². The highest BCUT2D eigenvalue weighted by Crippen LogP contribution is 2.29. The Balaban J connectivity index is 1.78. The molecular formula is C20H17BrF3N3O2. The average molecular weight is 468 g/mol. The molecule has 9 heteroatoms. The summed E-state index contributed by atoms with van der Waals surface area (Å²) in [6, 6.07) is 10.8. The SMILES string of the molecule is CC(C)[C@@H](NC(=O)c1ccc(C(F)(F)F)cc1)c1nc(-c2ccc(Br)cc2)no1. The van der Waals surface area contributed by atoms with Crippen molar-refractivity contribution in [3.8, 4) is 11.4 Å². The van der Waals surface area contributed by atoms with E-state index in [1.54, 1.807) is 0 Å². The lowest BCUT2D eigenvalue weighted by Gasteiger charge is -2.18. The first kappa shape index (κ1) is 21.0. The molecule has 1 N–H and O–H groups in total. The molecule has 0 fully saturated rings. The van der Waals surface area contributed by atoms with Crippen LogP contribution < -0.4 is 5.32 Å². The maximum absolute atomic E-state index is 12.7. The molecule has 0 aliphatic carbocycles. The zero-order valence-electron chi connectivity index (χ0n) is 15.5. The van der Waals surface area contributed by atoms with Gasteiger partial charge in [-0.05, 0) is 54.4 Å². The van der Waals surface area contributed by atoms with Crippen LogP contribution in [-0.2, 0) is 6.18 Å².